The van der Waals surface area contributed by atoms with Crippen LogP contribution in [0.15, 0.2) is 24.8 Å². The van der Waals surface area contributed by atoms with Crippen molar-refractivity contribution in [3.63, 3.8) is 0 Å². The number of fused-ring (bicyclic) bond motifs is 1. The molecule has 0 radical (unpaired) electrons. The van der Waals surface area contributed by atoms with Crippen molar-refractivity contribution in [3.8, 4) is 0 Å². The largest absolute Gasteiger partial charge is 0.394 e. The number of hydrogen-bond donors (Lipinski definition) is 3. The number of rotatable bonds is 4. The number of hydrogen-bond acceptors (Lipinski definition) is 8. The zero-order valence-electron chi connectivity index (χ0n) is 12.7. The first-order chi connectivity index (χ1) is 11.7. The summed E-state index contributed by atoms with van der Waals surface area (Å²) >= 11 is 0. The lowest BCUT2D eigenvalue weighted by atomic mass is 10.2. The van der Waals surface area contributed by atoms with Crippen molar-refractivity contribution in [2.24, 2.45) is 0 Å². The van der Waals surface area contributed by atoms with Crippen LogP contribution in [0.5, 0.6) is 0 Å². The molecule has 3 aromatic heterocycles. The molecule has 0 bridgehead atoms. The number of nitrogen functional groups attached to an aromatic ring is 1. The van der Waals surface area contributed by atoms with Gasteiger partial charge in [0.1, 0.15) is 29.6 Å². The first-order valence-electron chi connectivity index (χ1n) is 7.56. The van der Waals surface area contributed by atoms with Gasteiger partial charge in [-0.25, -0.2) is 14.6 Å². The maximum atomic E-state index is 9.80. The Labute approximate surface area is 136 Å². The molecule has 1 fully saturated rings. The lowest BCUT2D eigenvalue weighted by Gasteiger charge is -2.11. The first-order valence-corrected chi connectivity index (χ1v) is 7.56. The molecule has 4 heterocycles. The topological polar surface area (TPSA) is 137 Å². The maximum absolute atomic E-state index is 9.80. The van der Waals surface area contributed by atoms with Gasteiger partial charge in [0.25, 0.3) is 0 Å². The predicted octanol–water partition coefficient (Wildman–Crippen LogP) is -0.706. The lowest BCUT2D eigenvalue weighted by molar-refractivity contribution is -0.0489. The molecule has 0 aromatic carbocycles. The Hall–Kier alpha value is -2.56. The van der Waals surface area contributed by atoms with Gasteiger partial charge in [-0.15, -0.1) is 5.10 Å². The van der Waals surface area contributed by atoms with Gasteiger partial charge in [-0.1, -0.05) is 5.21 Å². The van der Waals surface area contributed by atoms with Crippen LogP contribution in [0.1, 0.15) is 18.3 Å². The number of aliphatic hydroxyl groups excluding tert-OH is 2. The monoisotopic (exact) mass is 331 g/mol. The zero-order chi connectivity index (χ0) is 16.7. The van der Waals surface area contributed by atoms with Gasteiger partial charge in [0.2, 0.25) is 0 Å². The number of ether oxygens (including phenoxy) is 1. The summed E-state index contributed by atoms with van der Waals surface area (Å²) in [6.07, 6.45) is 3.69. The number of nitrogens with two attached hydrogens (primary N) is 1. The van der Waals surface area contributed by atoms with Crippen LogP contribution < -0.4 is 5.73 Å². The number of nitrogens with zero attached hydrogens (tertiary/aromatic N) is 6. The van der Waals surface area contributed by atoms with Crippen LogP contribution in [0.3, 0.4) is 0 Å². The van der Waals surface area contributed by atoms with Gasteiger partial charge in [0, 0.05) is 12.6 Å². The summed E-state index contributed by atoms with van der Waals surface area (Å²) in [5.74, 6) is 0.436. The second-order valence-electron chi connectivity index (χ2n) is 5.74. The van der Waals surface area contributed by atoms with Crippen LogP contribution in [0.4, 0.5) is 5.82 Å². The summed E-state index contributed by atoms with van der Waals surface area (Å²) < 4.78 is 9.02. The zero-order valence-corrected chi connectivity index (χ0v) is 12.7. The Morgan fingerprint density at radius 1 is 1.38 bits per heavy atom. The highest BCUT2D eigenvalue weighted by Crippen LogP contribution is 2.28. The van der Waals surface area contributed by atoms with Crippen LogP contribution in [0, 0.1) is 0 Å². The van der Waals surface area contributed by atoms with Crippen molar-refractivity contribution in [2.45, 2.75) is 31.4 Å². The number of aromatic nitrogens is 6. The minimum absolute atomic E-state index is 0.226. The van der Waals surface area contributed by atoms with Crippen molar-refractivity contribution in [2.75, 3.05) is 12.3 Å². The molecular weight excluding hydrogens is 314 g/mol. The number of anilines is 1. The average molecular weight is 331 g/mol. The van der Waals surface area contributed by atoms with Gasteiger partial charge in [-0.3, -0.25) is 0 Å². The van der Waals surface area contributed by atoms with Gasteiger partial charge >= 0.3 is 0 Å². The Kier molecular flexibility index (Phi) is 3.63. The Morgan fingerprint density at radius 3 is 3.04 bits per heavy atom. The van der Waals surface area contributed by atoms with E-state index in [-0.39, 0.29) is 6.61 Å². The molecule has 0 saturated carbocycles. The van der Waals surface area contributed by atoms with Gasteiger partial charge in [0.15, 0.2) is 6.23 Å². The molecule has 4 N–H and O–H groups in total. The lowest BCUT2D eigenvalue weighted by Crippen LogP contribution is -2.24. The standard InChI is InChI=1S/C14H17N7O3/c15-13-9-1-2-20(14(9)17-7-16-13)4-8-5-21(19-18-8)12-3-10(23)11(6-22)24-12/h1-2,5,7,10-12,22-23H,3-4,6H2,(H2,15,16,17)/t10-,11+,12+/m0/s1. The van der Waals surface area contributed by atoms with Crippen molar-refractivity contribution >= 4 is 16.9 Å². The minimum atomic E-state index is -0.708. The average Bonchev–Trinajstić information content (AvgIpc) is 3.27. The molecule has 4 rings (SSSR count). The highest BCUT2D eigenvalue weighted by atomic mass is 16.5. The molecule has 1 saturated heterocycles. The smallest absolute Gasteiger partial charge is 0.155 e. The SMILES string of the molecule is Nc1ncnc2c1ccn2Cc1cn([C@H]2C[C@H](O)[C@@H](CO)O2)nn1. The van der Waals surface area contributed by atoms with Crippen LogP contribution in [0.25, 0.3) is 11.0 Å². The molecule has 1 aliphatic rings. The van der Waals surface area contributed by atoms with Gasteiger partial charge < -0.3 is 25.3 Å². The summed E-state index contributed by atoms with van der Waals surface area (Å²) in [7, 11) is 0. The van der Waals surface area contributed by atoms with Crippen LogP contribution in [0.2, 0.25) is 0 Å². The van der Waals surface area contributed by atoms with E-state index in [1.54, 1.807) is 10.9 Å². The molecule has 0 amide bonds. The summed E-state index contributed by atoms with van der Waals surface area (Å²) in [5.41, 5.74) is 7.28. The molecule has 3 atom stereocenters. The van der Waals surface area contributed by atoms with E-state index < -0.39 is 18.4 Å². The van der Waals surface area contributed by atoms with Crippen molar-refractivity contribution < 1.29 is 14.9 Å². The normalized spacial score (nSPS) is 24.0. The van der Waals surface area contributed by atoms with Gasteiger partial charge in [0.05, 0.1) is 30.8 Å². The fraction of sp³-hybridized carbons (Fsp3) is 0.429. The van der Waals surface area contributed by atoms with E-state index in [4.69, 9.17) is 15.6 Å². The van der Waals surface area contributed by atoms with Gasteiger partial charge in [-0.2, -0.15) is 0 Å². The first kappa shape index (κ1) is 15.0. The van der Waals surface area contributed by atoms with E-state index in [0.717, 1.165) is 16.7 Å². The van der Waals surface area contributed by atoms with E-state index in [2.05, 4.69) is 20.3 Å². The van der Waals surface area contributed by atoms with Crippen LogP contribution in [-0.4, -0.2) is 58.6 Å². The summed E-state index contributed by atoms with van der Waals surface area (Å²) in [6.45, 7) is 0.244. The summed E-state index contributed by atoms with van der Waals surface area (Å²) in [6, 6.07) is 1.86. The van der Waals surface area contributed by atoms with Crippen molar-refractivity contribution in [1.29, 1.82) is 0 Å². The molecule has 1 aliphatic heterocycles. The molecule has 0 spiro atoms. The third-order valence-corrected chi connectivity index (χ3v) is 4.16. The Balaban J connectivity index is 1.54. The third kappa shape index (κ3) is 2.50. The highest BCUT2D eigenvalue weighted by molar-refractivity contribution is 5.85. The minimum Gasteiger partial charge on any atom is -0.394 e. The van der Waals surface area contributed by atoms with Gasteiger partial charge in [-0.05, 0) is 6.07 Å². The van der Waals surface area contributed by atoms with E-state index in [0.29, 0.717) is 18.8 Å². The van der Waals surface area contributed by atoms with Crippen LogP contribution >= 0.6 is 0 Å². The van der Waals surface area contributed by atoms with E-state index in [9.17, 15) is 5.11 Å². The second kappa shape index (κ2) is 5.82. The van der Waals surface area contributed by atoms with Crippen molar-refractivity contribution in [3.05, 3.63) is 30.5 Å². The molecular formula is C14H17N7O3. The quantitative estimate of drug-likeness (QED) is 0.570. The van der Waals surface area contributed by atoms with E-state index >= 15 is 0 Å². The summed E-state index contributed by atoms with van der Waals surface area (Å²) in [5, 5.41) is 27.9. The maximum Gasteiger partial charge on any atom is 0.155 e. The number of aliphatic hydroxyl groups is 2. The fourth-order valence-electron chi connectivity index (χ4n) is 2.89. The summed E-state index contributed by atoms with van der Waals surface area (Å²) in [4.78, 5) is 8.21. The molecule has 0 aliphatic carbocycles. The molecule has 10 nitrogen and oxygen atoms in total. The third-order valence-electron chi connectivity index (χ3n) is 4.16. The Morgan fingerprint density at radius 2 is 2.25 bits per heavy atom. The Bertz CT molecular complexity index is 861. The fourth-order valence-corrected chi connectivity index (χ4v) is 2.89. The molecule has 0 unspecified atom stereocenters. The molecule has 24 heavy (non-hydrogen) atoms. The van der Waals surface area contributed by atoms with Crippen molar-refractivity contribution in [1.82, 2.24) is 29.5 Å². The van der Waals surface area contributed by atoms with E-state index in [1.807, 2.05) is 16.8 Å². The molecule has 10 heteroatoms. The highest BCUT2D eigenvalue weighted by Gasteiger charge is 2.35. The van der Waals surface area contributed by atoms with Crippen LogP contribution in [-0.2, 0) is 11.3 Å². The van der Waals surface area contributed by atoms with E-state index in [1.165, 1.54) is 6.33 Å². The second-order valence-corrected chi connectivity index (χ2v) is 5.74. The predicted molar refractivity (Wildman–Crippen MR) is 82.7 cm³/mol. The molecule has 3 aromatic rings. The molecule has 126 valence electrons.